The van der Waals surface area contributed by atoms with Crippen molar-refractivity contribution in [1.29, 1.82) is 0 Å². The van der Waals surface area contributed by atoms with Crippen LogP contribution in [-0.4, -0.2) is 56.6 Å². The molecule has 3 aromatic rings. The maximum Gasteiger partial charge on any atom is 0.144 e. The second-order valence-electron chi connectivity index (χ2n) is 7.95. The highest BCUT2D eigenvalue weighted by Crippen LogP contribution is 2.43. The predicted octanol–water partition coefficient (Wildman–Crippen LogP) is 3.69. The number of methoxy groups -OCH3 is 2. The number of nitrogens with zero attached hydrogens (tertiary/aromatic N) is 1. The zero-order chi connectivity index (χ0) is 21.8. The molecule has 31 heavy (non-hydrogen) atoms. The van der Waals surface area contributed by atoms with Crippen molar-refractivity contribution in [3.63, 3.8) is 0 Å². The summed E-state index contributed by atoms with van der Waals surface area (Å²) in [6.45, 7) is 1.24. The van der Waals surface area contributed by atoms with E-state index in [2.05, 4.69) is 17.0 Å². The quantitative estimate of drug-likeness (QED) is 0.592. The average molecular weight is 420 g/mol. The number of benzene rings is 3. The molecule has 162 valence electrons. The molecule has 1 N–H and O–H groups in total. The van der Waals surface area contributed by atoms with Gasteiger partial charge in [0.2, 0.25) is 0 Å². The van der Waals surface area contributed by atoms with Gasteiger partial charge in [-0.25, -0.2) is 0 Å². The molecule has 0 spiro atoms. The summed E-state index contributed by atoms with van der Waals surface area (Å²) in [6, 6.07) is 26.0. The van der Waals surface area contributed by atoms with Gasteiger partial charge in [-0.3, -0.25) is 0 Å². The molecule has 5 nitrogen and oxygen atoms in total. The number of likely N-dealkylation sites (N-methyl/N-ethyl adjacent to an activating group) is 1. The second kappa shape index (κ2) is 9.10. The Hall–Kier alpha value is -2.86. The molecule has 2 atom stereocenters. The van der Waals surface area contributed by atoms with E-state index in [-0.39, 0.29) is 6.10 Å². The van der Waals surface area contributed by atoms with E-state index < -0.39 is 11.7 Å². The molecule has 1 heterocycles. The lowest BCUT2D eigenvalue weighted by molar-refractivity contribution is -0.0814. The van der Waals surface area contributed by atoms with Crippen LogP contribution in [0, 0.1) is 0 Å². The molecule has 1 aliphatic heterocycles. The van der Waals surface area contributed by atoms with Crippen LogP contribution in [0.25, 0.3) is 0 Å². The minimum Gasteiger partial charge on any atom is -0.497 e. The van der Waals surface area contributed by atoms with E-state index in [0.717, 1.165) is 28.2 Å². The molecule has 0 aliphatic carbocycles. The number of likely N-dealkylation sites (tertiary alicyclic amines) is 1. The number of hydrogen-bond donors (Lipinski definition) is 1. The Morgan fingerprint density at radius 3 is 1.65 bits per heavy atom. The highest BCUT2D eigenvalue weighted by atomic mass is 16.5. The first kappa shape index (κ1) is 21.4. The van der Waals surface area contributed by atoms with Crippen LogP contribution in [0.4, 0.5) is 0 Å². The van der Waals surface area contributed by atoms with E-state index in [0.29, 0.717) is 13.1 Å². The fourth-order valence-corrected chi connectivity index (χ4v) is 4.31. The smallest absolute Gasteiger partial charge is 0.144 e. The lowest BCUT2D eigenvalue weighted by atomic mass is 9.79. The van der Waals surface area contributed by atoms with Gasteiger partial charge in [0.1, 0.15) is 17.1 Å². The number of aliphatic hydroxyl groups is 1. The fraction of sp³-hybridized carbons (Fsp3) is 0.308. The molecule has 3 aromatic carbocycles. The van der Waals surface area contributed by atoms with Gasteiger partial charge in [0.15, 0.2) is 0 Å². The summed E-state index contributed by atoms with van der Waals surface area (Å²) in [5.41, 5.74) is 2.02. The van der Waals surface area contributed by atoms with Crippen LogP contribution in [0.15, 0.2) is 78.9 Å². The fourth-order valence-electron chi connectivity index (χ4n) is 4.31. The van der Waals surface area contributed by atoms with Gasteiger partial charge in [-0.1, -0.05) is 54.6 Å². The molecule has 0 radical (unpaired) electrons. The molecular formula is C26H29NO4. The zero-order valence-corrected chi connectivity index (χ0v) is 18.2. The van der Waals surface area contributed by atoms with E-state index in [1.54, 1.807) is 14.2 Å². The molecule has 1 saturated heterocycles. The first-order valence-electron chi connectivity index (χ1n) is 10.5. The van der Waals surface area contributed by atoms with E-state index in [1.807, 2.05) is 73.8 Å². The van der Waals surface area contributed by atoms with Crippen molar-refractivity contribution in [3.8, 4) is 11.5 Å². The van der Waals surface area contributed by atoms with Gasteiger partial charge in [0, 0.05) is 13.1 Å². The second-order valence-corrected chi connectivity index (χ2v) is 7.95. The summed E-state index contributed by atoms with van der Waals surface area (Å²) < 4.78 is 17.7. The van der Waals surface area contributed by atoms with Crippen molar-refractivity contribution in [2.75, 3.05) is 34.4 Å². The number of hydrogen-bond acceptors (Lipinski definition) is 5. The Morgan fingerprint density at radius 2 is 1.23 bits per heavy atom. The molecule has 1 fully saturated rings. The van der Waals surface area contributed by atoms with Crippen molar-refractivity contribution in [2.24, 2.45) is 0 Å². The Balaban J connectivity index is 1.92. The number of aliphatic hydroxyl groups excluding tert-OH is 1. The van der Waals surface area contributed by atoms with Crippen molar-refractivity contribution in [2.45, 2.75) is 17.8 Å². The van der Waals surface area contributed by atoms with Crippen molar-refractivity contribution < 1.29 is 19.3 Å². The molecule has 1 aliphatic rings. The SMILES string of the molecule is COc1ccc(C(O[C@H]2CN(C)C[C@@H]2O)(c2ccccc2)c2ccc(OC)cc2)cc1. The standard InChI is InChI=1S/C26H29NO4/c1-27-17-24(28)25(18-27)31-26(19-7-5-4-6-8-19,20-9-13-22(29-2)14-10-20)21-11-15-23(30-3)16-12-21/h4-16,24-25,28H,17-18H2,1-3H3/t24-,25-/m0/s1. The normalized spacial score (nSPS) is 19.4. The third-order valence-electron chi connectivity index (χ3n) is 5.92. The van der Waals surface area contributed by atoms with Crippen molar-refractivity contribution >= 4 is 0 Å². The minimum atomic E-state index is -0.906. The number of ether oxygens (including phenoxy) is 3. The third kappa shape index (κ3) is 4.17. The van der Waals surface area contributed by atoms with Crippen LogP contribution in [0.2, 0.25) is 0 Å². The van der Waals surface area contributed by atoms with Gasteiger partial charge in [-0.05, 0) is 48.0 Å². The van der Waals surface area contributed by atoms with Crippen LogP contribution in [0.5, 0.6) is 11.5 Å². The third-order valence-corrected chi connectivity index (χ3v) is 5.92. The number of rotatable bonds is 7. The van der Waals surface area contributed by atoms with E-state index in [9.17, 15) is 5.11 Å². The first-order chi connectivity index (χ1) is 15.1. The van der Waals surface area contributed by atoms with Crippen LogP contribution in [-0.2, 0) is 10.3 Å². The van der Waals surface area contributed by atoms with Crippen molar-refractivity contribution in [3.05, 3.63) is 95.6 Å². The zero-order valence-electron chi connectivity index (χ0n) is 18.2. The molecule has 0 saturated carbocycles. The van der Waals surface area contributed by atoms with Crippen LogP contribution in [0.3, 0.4) is 0 Å². The molecule has 5 heteroatoms. The Labute approximate surface area is 183 Å². The summed E-state index contributed by atoms with van der Waals surface area (Å²) >= 11 is 0. The molecule has 0 bridgehead atoms. The van der Waals surface area contributed by atoms with E-state index >= 15 is 0 Å². The summed E-state index contributed by atoms with van der Waals surface area (Å²) in [7, 11) is 5.31. The van der Waals surface area contributed by atoms with Crippen molar-refractivity contribution in [1.82, 2.24) is 4.90 Å². The molecule has 0 amide bonds. The van der Waals surface area contributed by atoms with Gasteiger partial charge < -0.3 is 24.2 Å². The van der Waals surface area contributed by atoms with Crippen LogP contribution >= 0.6 is 0 Å². The van der Waals surface area contributed by atoms with E-state index in [4.69, 9.17) is 14.2 Å². The van der Waals surface area contributed by atoms with Gasteiger partial charge in [0.25, 0.3) is 0 Å². The van der Waals surface area contributed by atoms with Gasteiger partial charge in [0.05, 0.1) is 26.4 Å². The molecule has 0 aromatic heterocycles. The predicted molar refractivity (Wildman–Crippen MR) is 121 cm³/mol. The lowest BCUT2D eigenvalue weighted by Gasteiger charge is -2.39. The highest BCUT2D eigenvalue weighted by Gasteiger charge is 2.43. The molecule has 0 unspecified atom stereocenters. The Bertz CT molecular complexity index is 925. The van der Waals surface area contributed by atoms with Gasteiger partial charge >= 0.3 is 0 Å². The topological polar surface area (TPSA) is 51.2 Å². The van der Waals surface area contributed by atoms with Crippen LogP contribution in [0.1, 0.15) is 16.7 Å². The van der Waals surface area contributed by atoms with Gasteiger partial charge in [-0.2, -0.15) is 0 Å². The Morgan fingerprint density at radius 1 is 0.742 bits per heavy atom. The summed E-state index contributed by atoms with van der Waals surface area (Å²) in [4.78, 5) is 2.09. The summed E-state index contributed by atoms with van der Waals surface area (Å²) in [5, 5.41) is 10.7. The summed E-state index contributed by atoms with van der Waals surface area (Å²) in [5.74, 6) is 1.56. The van der Waals surface area contributed by atoms with Crippen LogP contribution < -0.4 is 9.47 Å². The first-order valence-corrected chi connectivity index (χ1v) is 10.5. The average Bonchev–Trinajstić information content (AvgIpc) is 3.14. The Kier molecular flexibility index (Phi) is 6.28. The summed E-state index contributed by atoms with van der Waals surface area (Å²) in [6.07, 6.45) is -0.904. The van der Waals surface area contributed by atoms with E-state index in [1.165, 1.54) is 0 Å². The van der Waals surface area contributed by atoms with Gasteiger partial charge in [-0.15, -0.1) is 0 Å². The maximum atomic E-state index is 10.7. The number of β-amino-alcohol motifs (C(OH)–C–C–N with tert-alkyl or cyclic N) is 1. The highest BCUT2D eigenvalue weighted by molar-refractivity contribution is 5.49. The lowest BCUT2D eigenvalue weighted by Crippen LogP contribution is -2.41. The molecular weight excluding hydrogens is 390 g/mol. The monoisotopic (exact) mass is 419 g/mol. The largest absolute Gasteiger partial charge is 0.497 e. The maximum absolute atomic E-state index is 10.7. The minimum absolute atomic E-state index is 0.339. The molecule has 4 rings (SSSR count).